The average Bonchev–Trinajstić information content (AvgIpc) is 3.30. The SMILES string of the molecule is Cc1ccc(-n2nc(C(C)(C)C)cc2NC(=O)CN(Cc2ccccc2)C(=O)c2ccc(Cl)c(Cl)c2)cc1. The van der Waals surface area contributed by atoms with Gasteiger partial charge >= 0.3 is 0 Å². The molecule has 0 radical (unpaired) electrons. The van der Waals surface area contributed by atoms with Gasteiger partial charge in [0, 0.05) is 23.6 Å². The predicted octanol–water partition coefficient (Wildman–Crippen LogP) is 7.07. The van der Waals surface area contributed by atoms with Crippen LogP contribution in [0, 0.1) is 6.92 Å². The number of amides is 2. The van der Waals surface area contributed by atoms with Gasteiger partial charge < -0.3 is 10.2 Å². The minimum Gasteiger partial charge on any atom is -0.325 e. The van der Waals surface area contributed by atoms with Crippen LogP contribution < -0.4 is 5.32 Å². The summed E-state index contributed by atoms with van der Waals surface area (Å²) in [5, 5.41) is 8.39. The van der Waals surface area contributed by atoms with Gasteiger partial charge in [0.05, 0.1) is 21.4 Å². The number of halogens is 2. The molecule has 0 saturated heterocycles. The molecule has 8 heteroatoms. The molecule has 0 unspecified atom stereocenters. The van der Waals surface area contributed by atoms with Gasteiger partial charge in [-0.15, -0.1) is 0 Å². The molecule has 0 atom stereocenters. The fourth-order valence-electron chi connectivity index (χ4n) is 3.89. The van der Waals surface area contributed by atoms with Crippen molar-refractivity contribution >= 4 is 40.8 Å². The molecule has 196 valence electrons. The lowest BCUT2D eigenvalue weighted by Crippen LogP contribution is -2.37. The van der Waals surface area contributed by atoms with E-state index in [4.69, 9.17) is 28.3 Å². The largest absolute Gasteiger partial charge is 0.325 e. The van der Waals surface area contributed by atoms with Crippen molar-refractivity contribution in [3.63, 3.8) is 0 Å². The van der Waals surface area contributed by atoms with E-state index in [1.165, 1.54) is 11.0 Å². The third-order valence-corrected chi connectivity index (χ3v) is 6.77. The number of carbonyl (C=O) groups excluding carboxylic acids is 2. The van der Waals surface area contributed by atoms with Crippen molar-refractivity contribution < 1.29 is 9.59 Å². The van der Waals surface area contributed by atoms with Crippen LogP contribution in [0.3, 0.4) is 0 Å². The predicted molar refractivity (Wildman–Crippen MR) is 153 cm³/mol. The average molecular weight is 550 g/mol. The molecular formula is C30H30Cl2N4O2. The number of benzene rings is 3. The quantitative estimate of drug-likeness (QED) is 0.268. The topological polar surface area (TPSA) is 67.2 Å². The van der Waals surface area contributed by atoms with Crippen molar-refractivity contribution in [3.05, 3.63) is 111 Å². The highest BCUT2D eigenvalue weighted by molar-refractivity contribution is 6.42. The Hall–Kier alpha value is -3.61. The molecule has 0 aliphatic heterocycles. The van der Waals surface area contributed by atoms with Crippen molar-refractivity contribution in [2.45, 2.75) is 39.7 Å². The highest BCUT2D eigenvalue weighted by Gasteiger charge is 2.24. The van der Waals surface area contributed by atoms with Crippen molar-refractivity contribution in [1.29, 1.82) is 0 Å². The molecule has 1 aromatic heterocycles. The van der Waals surface area contributed by atoms with Crippen LogP contribution in [0.2, 0.25) is 10.0 Å². The van der Waals surface area contributed by atoms with Crippen LogP contribution in [-0.4, -0.2) is 33.0 Å². The Bertz CT molecular complexity index is 1440. The summed E-state index contributed by atoms with van der Waals surface area (Å²) in [4.78, 5) is 28.3. The zero-order chi connectivity index (χ0) is 27.4. The van der Waals surface area contributed by atoms with Crippen molar-refractivity contribution in [2.75, 3.05) is 11.9 Å². The summed E-state index contributed by atoms with van der Waals surface area (Å²) >= 11 is 12.2. The Kier molecular flexibility index (Phi) is 8.24. The van der Waals surface area contributed by atoms with E-state index in [0.29, 0.717) is 16.4 Å². The maximum absolute atomic E-state index is 13.5. The molecule has 4 aromatic rings. The highest BCUT2D eigenvalue weighted by Crippen LogP contribution is 2.27. The smallest absolute Gasteiger partial charge is 0.254 e. The molecule has 0 bridgehead atoms. The molecule has 6 nitrogen and oxygen atoms in total. The van der Waals surface area contributed by atoms with Gasteiger partial charge in [-0.25, -0.2) is 4.68 Å². The number of nitrogens with one attached hydrogen (secondary N) is 1. The minimum absolute atomic E-state index is 0.169. The molecule has 3 aromatic carbocycles. The first-order chi connectivity index (χ1) is 18.0. The van der Waals surface area contributed by atoms with Crippen molar-refractivity contribution in [2.24, 2.45) is 0 Å². The van der Waals surface area contributed by atoms with Gasteiger partial charge in [-0.05, 0) is 42.8 Å². The Morgan fingerprint density at radius 3 is 2.24 bits per heavy atom. The number of anilines is 1. The number of aryl methyl sites for hydroxylation is 1. The molecule has 4 rings (SSSR count). The Balaban J connectivity index is 1.62. The van der Waals surface area contributed by atoms with Gasteiger partial charge in [0.25, 0.3) is 5.91 Å². The maximum atomic E-state index is 13.5. The molecule has 0 saturated carbocycles. The number of aromatic nitrogens is 2. The monoisotopic (exact) mass is 548 g/mol. The summed E-state index contributed by atoms with van der Waals surface area (Å²) in [6.07, 6.45) is 0. The second-order valence-electron chi connectivity index (χ2n) is 10.2. The molecule has 0 aliphatic rings. The van der Waals surface area contributed by atoms with E-state index in [-0.39, 0.29) is 35.3 Å². The van der Waals surface area contributed by atoms with Crippen LogP contribution in [0.25, 0.3) is 5.69 Å². The lowest BCUT2D eigenvalue weighted by Gasteiger charge is -2.23. The third kappa shape index (κ3) is 6.63. The first kappa shape index (κ1) is 27.4. The number of hydrogen-bond acceptors (Lipinski definition) is 3. The summed E-state index contributed by atoms with van der Waals surface area (Å²) in [6.45, 7) is 8.30. The second kappa shape index (κ2) is 11.4. The first-order valence-electron chi connectivity index (χ1n) is 12.3. The van der Waals surface area contributed by atoms with E-state index >= 15 is 0 Å². The highest BCUT2D eigenvalue weighted by atomic mass is 35.5. The Labute approximate surface area is 233 Å². The summed E-state index contributed by atoms with van der Waals surface area (Å²) in [5.41, 5.74) is 3.81. The van der Waals surface area contributed by atoms with Crippen LogP contribution >= 0.6 is 23.2 Å². The molecule has 38 heavy (non-hydrogen) atoms. The van der Waals surface area contributed by atoms with E-state index in [0.717, 1.165) is 22.5 Å². The van der Waals surface area contributed by atoms with E-state index in [1.807, 2.05) is 67.6 Å². The Morgan fingerprint density at radius 1 is 0.921 bits per heavy atom. The van der Waals surface area contributed by atoms with Gasteiger partial charge in [-0.1, -0.05) is 92.0 Å². The van der Waals surface area contributed by atoms with Crippen LogP contribution in [-0.2, 0) is 16.8 Å². The van der Waals surface area contributed by atoms with Gasteiger partial charge in [0.1, 0.15) is 12.4 Å². The van der Waals surface area contributed by atoms with Crippen molar-refractivity contribution in [3.8, 4) is 5.69 Å². The third-order valence-electron chi connectivity index (χ3n) is 6.03. The van der Waals surface area contributed by atoms with Crippen LogP contribution in [0.1, 0.15) is 48.0 Å². The maximum Gasteiger partial charge on any atom is 0.254 e. The van der Waals surface area contributed by atoms with E-state index < -0.39 is 0 Å². The standard InChI is InChI=1S/C30H30Cl2N4O2/c1-20-10-13-23(14-11-20)36-27(17-26(34-36)30(2,3)4)33-28(37)19-35(18-21-8-6-5-7-9-21)29(38)22-12-15-24(31)25(32)16-22/h5-17H,18-19H2,1-4H3,(H,33,37). The van der Waals surface area contributed by atoms with Gasteiger partial charge in [0.2, 0.25) is 5.91 Å². The van der Waals surface area contributed by atoms with Crippen LogP contribution in [0.5, 0.6) is 0 Å². The van der Waals surface area contributed by atoms with E-state index in [9.17, 15) is 9.59 Å². The lowest BCUT2D eigenvalue weighted by atomic mass is 9.92. The number of hydrogen-bond donors (Lipinski definition) is 1. The first-order valence-corrected chi connectivity index (χ1v) is 13.0. The molecule has 0 aliphatic carbocycles. The van der Waals surface area contributed by atoms with Gasteiger partial charge in [0.15, 0.2) is 0 Å². The number of carbonyl (C=O) groups is 2. The fraction of sp³-hybridized carbons (Fsp3) is 0.233. The number of nitrogens with zero attached hydrogens (tertiary/aromatic N) is 3. The molecule has 1 heterocycles. The van der Waals surface area contributed by atoms with Gasteiger partial charge in [-0.2, -0.15) is 5.10 Å². The minimum atomic E-state index is -0.344. The zero-order valence-electron chi connectivity index (χ0n) is 21.8. The molecule has 2 amide bonds. The summed E-state index contributed by atoms with van der Waals surface area (Å²) in [5.74, 6) is -0.140. The molecule has 1 N–H and O–H groups in total. The van der Waals surface area contributed by atoms with Crippen LogP contribution in [0.4, 0.5) is 5.82 Å². The molecule has 0 fully saturated rings. The van der Waals surface area contributed by atoms with E-state index in [1.54, 1.807) is 16.8 Å². The van der Waals surface area contributed by atoms with Crippen molar-refractivity contribution in [1.82, 2.24) is 14.7 Å². The van der Waals surface area contributed by atoms with E-state index in [2.05, 4.69) is 26.1 Å². The Morgan fingerprint density at radius 2 is 1.61 bits per heavy atom. The molecular weight excluding hydrogens is 519 g/mol. The van der Waals surface area contributed by atoms with Crippen LogP contribution in [0.15, 0.2) is 78.9 Å². The van der Waals surface area contributed by atoms with Gasteiger partial charge in [-0.3, -0.25) is 9.59 Å². The summed E-state index contributed by atoms with van der Waals surface area (Å²) in [7, 11) is 0. The zero-order valence-corrected chi connectivity index (χ0v) is 23.3. The summed E-state index contributed by atoms with van der Waals surface area (Å²) in [6, 6.07) is 24.0. The second-order valence-corrected chi connectivity index (χ2v) is 11.1. The number of rotatable bonds is 7. The summed E-state index contributed by atoms with van der Waals surface area (Å²) < 4.78 is 1.72. The normalized spacial score (nSPS) is 11.3. The molecule has 0 spiro atoms. The fourth-order valence-corrected chi connectivity index (χ4v) is 4.19. The lowest BCUT2D eigenvalue weighted by molar-refractivity contribution is -0.117.